The summed E-state index contributed by atoms with van der Waals surface area (Å²) in [7, 11) is 1.74. The number of nitrogens with zero attached hydrogens (tertiary/aromatic N) is 1. The molecule has 2 N–H and O–H groups in total. The van der Waals surface area contributed by atoms with E-state index in [4.69, 9.17) is 10.5 Å². The second-order valence-corrected chi connectivity index (χ2v) is 5.28. The smallest absolute Gasteiger partial charge is 0.0705 e. The first-order valence-electron chi connectivity index (χ1n) is 5.84. The molecule has 0 saturated heterocycles. The van der Waals surface area contributed by atoms with Gasteiger partial charge in [0.25, 0.3) is 0 Å². The summed E-state index contributed by atoms with van der Waals surface area (Å²) in [6.45, 7) is 3.98. The predicted molar refractivity (Wildman–Crippen MR) is 67.8 cm³/mol. The van der Waals surface area contributed by atoms with Gasteiger partial charge < -0.3 is 10.5 Å². The van der Waals surface area contributed by atoms with Crippen molar-refractivity contribution in [1.29, 1.82) is 0 Å². The minimum atomic E-state index is 0.212. The molecule has 0 amide bonds. The Hall–Kier alpha value is -0.420. The second kappa shape index (κ2) is 5.77. The number of nitrogens with two attached hydrogens (primary N) is 1. The fourth-order valence-electron chi connectivity index (χ4n) is 2.16. The molecule has 16 heavy (non-hydrogen) atoms. The van der Waals surface area contributed by atoms with E-state index in [1.54, 1.807) is 12.0 Å². The van der Waals surface area contributed by atoms with Crippen LogP contribution >= 0.6 is 11.3 Å². The fraction of sp³-hybridized carbons (Fsp3) is 0.667. The molecule has 0 radical (unpaired) electrons. The largest absolute Gasteiger partial charge is 0.380 e. The standard InChI is InChI=1S/C12H20N2OS/c1-15-11(8-13)2-5-14-6-3-12-10(9-14)4-7-16-12/h4,7,11H,2-3,5-6,8-9,13H2,1H3. The lowest BCUT2D eigenvalue weighted by molar-refractivity contribution is 0.0875. The van der Waals surface area contributed by atoms with E-state index >= 15 is 0 Å². The Morgan fingerprint density at radius 2 is 2.50 bits per heavy atom. The van der Waals surface area contributed by atoms with Gasteiger partial charge in [-0.15, -0.1) is 11.3 Å². The molecule has 0 bridgehead atoms. The monoisotopic (exact) mass is 240 g/mol. The summed E-state index contributed by atoms with van der Waals surface area (Å²) in [6.07, 6.45) is 2.45. The first kappa shape index (κ1) is 12.0. The van der Waals surface area contributed by atoms with Crippen molar-refractivity contribution in [3.63, 3.8) is 0 Å². The van der Waals surface area contributed by atoms with Crippen LogP contribution in [0.4, 0.5) is 0 Å². The van der Waals surface area contributed by atoms with Crippen LogP contribution in [-0.4, -0.2) is 37.7 Å². The van der Waals surface area contributed by atoms with Gasteiger partial charge in [-0.05, 0) is 29.9 Å². The van der Waals surface area contributed by atoms with Gasteiger partial charge in [0.05, 0.1) is 6.10 Å². The summed E-state index contributed by atoms with van der Waals surface area (Å²) < 4.78 is 5.30. The highest BCUT2D eigenvalue weighted by Crippen LogP contribution is 2.24. The van der Waals surface area contributed by atoms with Gasteiger partial charge in [-0.25, -0.2) is 0 Å². The third kappa shape index (κ3) is 2.83. The number of fused-ring (bicyclic) bond motifs is 1. The van der Waals surface area contributed by atoms with Gasteiger partial charge in [0, 0.05) is 38.2 Å². The van der Waals surface area contributed by atoms with Gasteiger partial charge in [0.15, 0.2) is 0 Å². The minimum Gasteiger partial charge on any atom is -0.380 e. The molecule has 0 aromatic carbocycles. The Labute approximate surface area is 101 Å². The molecular weight excluding hydrogens is 220 g/mol. The van der Waals surface area contributed by atoms with Crippen molar-refractivity contribution in [1.82, 2.24) is 4.90 Å². The fourth-order valence-corrected chi connectivity index (χ4v) is 3.05. The maximum absolute atomic E-state index is 5.62. The third-order valence-electron chi connectivity index (χ3n) is 3.25. The lowest BCUT2D eigenvalue weighted by atomic mass is 10.1. The van der Waals surface area contributed by atoms with Crippen LogP contribution in [0.1, 0.15) is 16.9 Å². The molecule has 1 aromatic heterocycles. The predicted octanol–water partition coefficient (Wildman–Crippen LogP) is 1.47. The molecule has 1 aliphatic heterocycles. The maximum Gasteiger partial charge on any atom is 0.0705 e. The average molecular weight is 240 g/mol. The van der Waals surface area contributed by atoms with E-state index in [-0.39, 0.29) is 6.10 Å². The van der Waals surface area contributed by atoms with E-state index in [1.807, 2.05) is 11.3 Å². The van der Waals surface area contributed by atoms with Crippen molar-refractivity contribution in [3.8, 4) is 0 Å². The van der Waals surface area contributed by atoms with Gasteiger partial charge >= 0.3 is 0 Å². The molecule has 1 aliphatic rings. The Bertz CT molecular complexity index is 323. The van der Waals surface area contributed by atoms with Crippen LogP contribution in [0.2, 0.25) is 0 Å². The topological polar surface area (TPSA) is 38.5 Å². The molecule has 0 aliphatic carbocycles. The van der Waals surface area contributed by atoms with Crippen molar-refractivity contribution < 1.29 is 4.74 Å². The van der Waals surface area contributed by atoms with Crippen molar-refractivity contribution >= 4 is 11.3 Å². The molecule has 1 atom stereocenters. The molecule has 3 nitrogen and oxygen atoms in total. The zero-order valence-electron chi connectivity index (χ0n) is 9.82. The summed E-state index contributed by atoms with van der Waals surface area (Å²) in [5.41, 5.74) is 7.13. The lowest BCUT2D eigenvalue weighted by Gasteiger charge is -2.27. The van der Waals surface area contributed by atoms with Gasteiger partial charge in [0.1, 0.15) is 0 Å². The Kier molecular flexibility index (Phi) is 4.35. The minimum absolute atomic E-state index is 0.212. The van der Waals surface area contributed by atoms with Crippen molar-refractivity contribution in [2.24, 2.45) is 5.73 Å². The zero-order valence-corrected chi connectivity index (χ0v) is 10.6. The number of rotatable bonds is 5. The van der Waals surface area contributed by atoms with Crippen LogP contribution in [0.3, 0.4) is 0 Å². The number of ether oxygens (including phenoxy) is 1. The number of methoxy groups -OCH3 is 1. The highest BCUT2D eigenvalue weighted by molar-refractivity contribution is 7.10. The van der Waals surface area contributed by atoms with Crippen LogP contribution in [0.25, 0.3) is 0 Å². The maximum atomic E-state index is 5.62. The quantitative estimate of drug-likeness (QED) is 0.847. The van der Waals surface area contributed by atoms with Crippen molar-refractivity contribution in [3.05, 3.63) is 21.9 Å². The Balaban J connectivity index is 1.81. The first-order chi connectivity index (χ1) is 7.83. The molecule has 1 aromatic rings. The Morgan fingerprint density at radius 1 is 1.62 bits per heavy atom. The SMILES string of the molecule is COC(CN)CCN1CCc2sccc2C1. The van der Waals surface area contributed by atoms with Gasteiger partial charge in [0.2, 0.25) is 0 Å². The summed E-state index contributed by atoms with van der Waals surface area (Å²) in [6, 6.07) is 2.25. The zero-order chi connectivity index (χ0) is 11.4. The number of thiophene rings is 1. The number of hydrogen-bond acceptors (Lipinski definition) is 4. The lowest BCUT2D eigenvalue weighted by Crippen LogP contribution is -2.34. The van der Waals surface area contributed by atoms with Gasteiger partial charge in [-0.3, -0.25) is 4.90 Å². The summed E-state index contributed by atoms with van der Waals surface area (Å²) in [5.74, 6) is 0. The molecule has 2 rings (SSSR count). The normalized spacial score (nSPS) is 18.4. The Morgan fingerprint density at radius 3 is 3.25 bits per heavy atom. The van der Waals surface area contributed by atoms with E-state index in [0.29, 0.717) is 6.54 Å². The summed E-state index contributed by atoms with van der Waals surface area (Å²) in [5, 5.41) is 2.20. The van der Waals surface area contributed by atoms with Crippen molar-refractivity contribution in [2.45, 2.75) is 25.5 Å². The summed E-state index contributed by atoms with van der Waals surface area (Å²) in [4.78, 5) is 4.06. The van der Waals surface area contributed by atoms with Crippen LogP contribution in [0.15, 0.2) is 11.4 Å². The van der Waals surface area contributed by atoms with Crippen LogP contribution in [0, 0.1) is 0 Å². The van der Waals surface area contributed by atoms with Crippen LogP contribution < -0.4 is 5.73 Å². The van der Waals surface area contributed by atoms with E-state index in [1.165, 1.54) is 18.5 Å². The van der Waals surface area contributed by atoms with Crippen LogP contribution in [-0.2, 0) is 17.7 Å². The van der Waals surface area contributed by atoms with Gasteiger partial charge in [-0.2, -0.15) is 0 Å². The molecule has 1 unspecified atom stereocenters. The van der Waals surface area contributed by atoms with E-state index in [0.717, 1.165) is 19.5 Å². The molecule has 90 valence electrons. The number of hydrogen-bond donors (Lipinski definition) is 1. The second-order valence-electron chi connectivity index (χ2n) is 4.28. The van der Waals surface area contributed by atoms with Crippen molar-refractivity contribution in [2.75, 3.05) is 26.7 Å². The van der Waals surface area contributed by atoms with E-state index in [2.05, 4.69) is 16.3 Å². The summed E-state index contributed by atoms with van der Waals surface area (Å²) >= 11 is 1.89. The molecule has 2 heterocycles. The molecule has 0 spiro atoms. The molecule has 0 saturated carbocycles. The van der Waals surface area contributed by atoms with Crippen LogP contribution in [0.5, 0.6) is 0 Å². The third-order valence-corrected chi connectivity index (χ3v) is 4.27. The van der Waals surface area contributed by atoms with Gasteiger partial charge in [-0.1, -0.05) is 0 Å². The highest BCUT2D eigenvalue weighted by atomic mass is 32.1. The van der Waals surface area contributed by atoms with E-state index in [9.17, 15) is 0 Å². The molecule has 4 heteroatoms. The molecular formula is C12H20N2OS. The van der Waals surface area contributed by atoms with E-state index < -0.39 is 0 Å². The average Bonchev–Trinajstić information content (AvgIpc) is 2.77. The highest BCUT2D eigenvalue weighted by Gasteiger charge is 2.17. The molecule has 0 fully saturated rings. The first-order valence-corrected chi connectivity index (χ1v) is 6.72.